The molecule has 0 fully saturated rings. The maximum absolute atomic E-state index is 11.7. The van der Waals surface area contributed by atoms with Gasteiger partial charge in [0.15, 0.2) is 0 Å². The van der Waals surface area contributed by atoms with Crippen molar-refractivity contribution in [3.63, 3.8) is 0 Å². The molecule has 0 aliphatic heterocycles. The molecule has 0 bridgehead atoms. The molecule has 1 atom stereocenters. The molecule has 0 heterocycles. The smallest absolute Gasteiger partial charge is 0.411 e. The van der Waals surface area contributed by atoms with E-state index in [0.29, 0.717) is 12.8 Å². The number of carboxylic acids is 1. The van der Waals surface area contributed by atoms with Gasteiger partial charge >= 0.3 is 18.2 Å². The molecule has 9 heteroatoms. The van der Waals surface area contributed by atoms with Gasteiger partial charge in [-0.3, -0.25) is 0 Å². The van der Waals surface area contributed by atoms with Crippen LogP contribution in [0.25, 0.3) is 0 Å². The lowest BCUT2D eigenvalue weighted by atomic mass is 10.1. The van der Waals surface area contributed by atoms with E-state index >= 15 is 0 Å². The average molecular weight is 300 g/mol. The van der Waals surface area contributed by atoms with Crippen molar-refractivity contribution in [1.29, 1.82) is 0 Å². The predicted octanol–water partition coefficient (Wildman–Crippen LogP) is 1.51. The average Bonchev–Trinajstić information content (AvgIpc) is 2.32. The van der Waals surface area contributed by atoms with Crippen LogP contribution in [0.2, 0.25) is 0 Å². The van der Waals surface area contributed by atoms with Gasteiger partial charge in [-0.2, -0.15) is 13.2 Å². The van der Waals surface area contributed by atoms with Gasteiger partial charge in [-0.05, 0) is 6.42 Å². The van der Waals surface area contributed by atoms with Crippen molar-refractivity contribution >= 4 is 12.0 Å². The van der Waals surface area contributed by atoms with E-state index in [4.69, 9.17) is 5.11 Å². The molecule has 6 nitrogen and oxygen atoms in total. The lowest BCUT2D eigenvalue weighted by Crippen LogP contribution is -2.46. The number of nitrogens with one attached hydrogen (secondary N) is 2. The molecule has 1 unspecified atom stereocenters. The van der Waals surface area contributed by atoms with Crippen molar-refractivity contribution < 1.29 is 32.6 Å². The molecule has 0 aliphatic rings. The zero-order valence-electron chi connectivity index (χ0n) is 11.1. The normalized spacial score (nSPS) is 12.8. The Morgan fingerprint density at radius 2 is 2.00 bits per heavy atom. The largest absolute Gasteiger partial charge is 0.480 e. The number of unbranched alkanes of at least 4 members (excludes halogenated alkanes) is 1. The quantitative estimate of drug-likeness (QED) is 0.563. The summed E-state index contributed by atoms with van der Waals surface area (Å²) in [6, 6.07) is -1.75. The number of halogens is 3. The summed E-state index contributed by atoms with van der Waals surface area (Å²) in [7, 11) is 0. The van der Waals surface area contributed by atoms with Crippen molar-refractivity contribution in [2.45, 2.75) is 38.4 Å². The van der Waals surface area contributed by atoms with Crippen molar-refractivity contribution in [2.24, 2.45) is 0 Å². The molecule has 0 spiro atoms. The number of hydrogen-bond acceptors (Lipinski definition) is 3. The summed E-state index contributed by atoms with van der Waals surface area (Å²) in [6.07, 6.45) is -2.68. The molecule has 0 aromatic carbocycles. The van der Waals surface area contributed by atoms with Crippen molar-refractivity contribution in [1.82, 2.24) is 10.6 Å². The minimum absolute atomic E-state index is 0.137. The Labute approximate surface area is 114 Å². The number of rotatable bonds is 9. The number of aliphatic carboxylic acids is 1. The van der Waals surface area contributed by atoms with Crippen LogP contribution in [0.5, 0.6) is 0 Å². The van der Waals surface area contributed by atoms with E-state index in [2.05, 4.69) is 15.4 Å². The van der Waals surface area contributed by atoms with Gasteiger partial charge in [-0.25, -0.2) is 9.59 Å². The molecule has 0 saturated heterocycles. The van der Waals surface area contributed by atoms with Crippen LogP contribution in [0.1, 0.15) is 26.2 Å². The number of hydrogen-bond donors (Lipinski definition) is 3. The van der Waals surface area contributed by atoms with Crippen LogP contribution in [0.15, 0.2) is 0 Å². The lowest BCUT2D eigenvalue weighted by Gasteiger charge is -2.15. The molecule has 2 amide bonds. The molecule has 118 valence electrons. The maximum atomic E-state index is 11.7. The van der Waals surface area contributed by atoms with E-state index in [1.54, 1.807) is 0 Å². The van der Waals surface area contributed by atoms with Crippen LogP contribution in [0.4, 0.5) is 18.0 Å². The summed E-state index contributed by atoms with van der Waals surface area (Å²) in [5.41, 5.74) is 0. The summed E-state index contributed by atoms with van der Waals surface area (Å²) < 4.78 is 39.5. The van der Waals surface area contributed by atoms with Gasteiger partial charge in [0.05, 0.1) is 6.61 Å². The molecule has 0 aromatic heterocycles. The first-order chi connectivity index (χ1) is 9.26. The zero-order valence-corrected chi connectivity index (χ0v) is 11.1. The van der Waals surface area contributed by atoms with Crippen molar-refractivity contribution in [2.75, 3.05) is 19.8 Å². The number of amides is 2. The Kier molecular flexibility index (Phi) is 8.69. The fourth-order valence-electron chi connectivity index (χ4n) is 1.30. The molecule has 3 N–H and O–H groups in total. The van der Waals surface area contributed by atoms with Crippen LogP contribution < -0.4 is 10.6 Å². The van der Waals surface area contributed by atoms with Crippen molar-refractivity contribution in [3.05, 3.63) is 0 Å². The highest BCUT2D eigenvalue weighted by Crippen LogP contribution is 2.13. The van der Waals surface area contributed by atoms with Crippen LogP contribution in [-0.4, -0.2) is 49.1 Å². The highest BCUT2D eigenvalue weighted by atomic mass is 19.4. The van der Waals surface area contributed by atoms with Gasteiger partial charge in [0.2, 0.25) is 0 Å². The molecule has 20 heavy (non-hydrogen) atoms. The molecule has 0 saturated carbocycles. The molecule has 0 aromatic rings. The van der Waals surface area contributed by atoms with Gasteiger partial charge in [0.1, 0.15) is 12.6 Å². The van der Waals surface area contributed by atoms with Crippen molar-refractivity contribution in [3.8, 4) is 0 Å². The zero-order chi connectivity index (χ0) is 15.6. The second-order valence-corrected chi connectivity index (χ2v) is 4.10. The van der Waals surface area contributed by atoms with Gasteiger partial charge in [0, 0.05) is 6.54 Å². The second kappa shape index (κ2) is 9.40. The summed E-state index contributed by atoms with van der Waals surface area (Å²) in [5.74, 6) is -1.15. The summed E-state index contributed by atoms with van der Waals surface area (Å²) in [6.45, 7) is 0.0587. The number of alkyl halides is 3. The van der Waals surface area contributed by atoms with E-state index in [1.807, 2.05) is 6.92 Å². The number of carboxylic acid groups (broad SMARTS) is 1. The Morgan fingerprint density at radius 1 is 1.35 bits per heavy atom. The number of carbonyl (C=O) groups is 2. The topological polar surface area (TPSA) is 87.7 Å². The molecule has 0 aliphatic carbocycles. The number of ether oxygens (including phenoxy) is 1. The first-order valence-corrected chi connectivity index (χ1v) is 6.18. The predicted molar refractivity (Wildman–Crippen MR) is 64.4 cm³/mol. The number of urea groups is 1. The Morgan fingerprint density at radius 3 is 2.50 bits per heavy atom. The van der Waals surface area contributed by atoms with Crippen LogP contribution in [-0.2, 0) is 9.53 Å². The molecular weight excluding hydrogens is 281 g/mol. The monoisotopic (exact) mass is 300 g/mol. The van der Waals surface area contributed by atoms with Crippen LogP contribution >= 0.6 is 0 Å². The lowest BCUT2D eigenvalue weighted by molar-refractivity contribution is -0.173. The third-order valence-electron chi connectivity index (χ3n) is 2.25. The Balaban J connectivity index is 3.82. The fourth-order valence-corrected chi connectivity index (χ4v) is 1.30. The second-order valence-electron chi connectivity index (χ2n) is 4.10. The highest BCUT2D eigenvalue weighted by Gasteiger charge is 2.27. The van der Waals surface area contributed by atoms with Gasteiger partial charge in [-0.15, -0.1) is 0 Å². The molecule has 0 radical (unpaired) electrons. The molecule has 0 rings (SSSR count). The third kappa shape index (κ3) is 10.4. The first kappa shape index (κ1) is 18.5. The van der Waals surface area contributed by atoms with Gasteiger partial charge in [0.25, 0.3) is 0 Å². The number of carbonyl (C=O) groups excluding carboxylic acids is 1. The van der Waals surface area contributed by atoms with Gasteiger partial charge in [-0.1, -0.05) is 19.8 Å². The minimum Gasteiger partial charge on any atom is -0.480 e. The highest BCUT2D eigenvalue weighted by molar-refractivity contribution is 5.82. The summed E-state index contributed by atoms with van der Waals surface area (Å²) in [5, 5.41) is 13.3. The van der Waals surface area contributed by atoms with Crippen LogP contribution in [0.3, 0.4) is 0 Å². The molecular formula is C11H19F3N2O4. The third-order valence-corrected chi connectivity index (χ3v) is 2.25. The van der Waals surface area contributed by atoms with E-state index in [-0.39, 0.29) is 13.2 Å². The van der Waals surface area contributed by atoms with E-state index in [9.17, 15) is 22.8 Å². The summed E-state index contributed by atoms with van der Waals surface area (Å²) in [4.78, 5) is 22.2. The maximum Gasteiger partial charge on any atom is 0.411 e. The fraction of sp³-hybridized carbons (Fsp3) is 0.818. The summed E-state index contributed by atoms with van der Waals surface area (Å²) >= 11 is 0. The van der Waals surface area contributed by atoms with E-state index in [0.717, 1.165) is 6.42 Å². The SMILES string of the molecule is CCCCC(NC(=O)NCCOCC(F)(F)F)C(=O)O. The van der Waals surface area contributed by atoms with E-state index in [1.165, 1.54) is 0 Å². The minimum atomic E-state index is -4.41. The Hall–Kier alpha value is -1.51. The van der Waals surface area contributed by atoms with E-state index < -0.39 is 30.8 Å². The van der Waals surface area contributed by atoms with Gasteiger partial charge < -0.3 is 20.5 Å². The van der Waals surface area contributed by atoms with Crippen LogP contribution in [0, 0.1) is 0 Å². The standard InChI is InChI=1S/C11H19F3N2O4/c1-2-3-4-8(9(17)18)16-10(19)15-5-6-20-7-11(12,13)14/h8H,2-7H2,1H3,(H,17,18)(H2,15,16,19). The first-order valence-electron chi connectivity index (χ1n) is 6.18. The Bertz CT molecular complexity index is 311.